The lowest BCUT2D eigenvalue weighted by Crippen LogP contribution is -2.12. The van der Waals surface area contributed by atoms with Crippen molar-refractivity contribution < 1.29 is 17.8 Å². The maximum atomic E-state index is 11.1. The Bertz CT molecular complexity index is 534. The van der Waals surface area contributed by atoms with Gasteiger partial charge in [-0.2, -0.15) is 8.42 Å². The third-order valence-corrected chi connectivity index (χ3v) is 2.84. The predicted molar refractivity (Wildman–Crippen MR) is 59.8 cm³/mol. The van der Waals surface area contributed by atoms with E-state index in [-0.39, 0.29) is 10.6 Å². The first kappa shape index (κ1) is 12.4. The molecule has 0 unspecified atom stereocenters. The summed E-state index contributed by atoms with van der Waals surface area (Å²) in [5, 5.41) is 2.34. The zero-order chi connectivity index (χ0) is 12.3. The van der Waals surface area contributed by atoms with E-state index in [4.69, 9.17) is 4.55 Å². The number of benzene rings is 1. The fourth-order valence-corrected chi connectivity index (χ4v) is 1.91. The molecule has 1 aromatic rings. The minimum absolute atomic E-state index is 0.0647. The van der Waals surface area contributed by atoms with E-state index < -0.39 is 16.0 Å². The average molecular weight is 241 g/mol. The molecule has 0 bridgehead atoms. The standard InChI is InChI=1S/C10H11NO4S/c1-3-9(12)11-10-7(2)5-4-6-8(10)16(13,14)15/h3-6H,1H2,2H3,(H,11,12)(H,13,14,15). The normalized spacial score (nSPS) is 10.9. The number of carbonyl (C=O) groups excluding carboxylic acids is 1. The van der Waals surface area contributed by atoms with Crippen molar-refractivity contribution in [1.82, 2.24) is 0 Å². The van der Waals surface area contributed by atoms with Gasteiger partial charge in [-0.1, -0.05) is 18.7 Å². The first-order chi connectivity index (χ1) is 7.36. The van der Waals surface area contributed by atoms with Gasteiger partial charge in [-0.05, 0) is 24.6 Å². The Hall–Kier alpha value is -1.66. The highest BCUT2D eigenvalue weighted by molar-refractivity contribution is 7.86. The van der Waals surface area contributed by atoms with Crippen molar-refractivity contribution in [2.24, 2.45) is 0 Å². The van der Waals surface area contributed by atoms with Crippen LogP contribution in [-0.4, -0.2) is 18.9 Å². The van der Waals surface area contributed by atoms with Gasteiger partial charge in [0.1, 0.15) is 4.90 Å². The molecule has 86 valence electrons. The summed E-state index contributed by atoms with van der Waals surface area (Å²) in [6.45, 7) is 4.87. The van der Waals surface area contributed by atoms with Gasteiger partial charge < -0.3 is 5.32 Å². The number of aryl methyl sites for hydroxylation is 1. The van der Waals surface area contributed by atoms with E-state index in [9.17, 15) is 13.2 Å². The van der Waals surface area contributed by atoms with Crippen LogP contribution < -0.4 is 5.32 Å². The molecule has 0 spiro atoms. The minimum Gasteiger partial charge on any atom is -0.321 e. The summed E-state index contributed by atoms with van der Waals surface area (Å²) >= 11 is 0. The van der Waals surface area contributed by atoms with Gasteiger partial charge in [-0.25, -0.2) is 0 Å². The molecule has 2 N–H and O–H groups in total. The number of hydrogen-bond donors (Lipinski definition) is 2. The zero-order valence-corrected chi connectivity index (χ0v) is 9.41. The van der Waals surface area contributed by atoms with E-state index in [0.717, 1.165) is 6.08 Å². The van der Waals surface area contributed by atoms with Crippen LogP contribution in [0.3, 0.4) is 0 Å². The fraction of sp³-hybridized carbons (Fsp3) is 0.100. The monoisotopic (exact) mass is 241 g/mol. The first-order valence-electron chi connectivity index (χ1n) is 4.37. The summed E-state index contributed by atoms with van der Waals surface area (Å²) in [6, 6.07) is 4.30. The Morgan fingerprint density at radius 1 is 1.50 bits per heavy atom. The van der Waals surface area contributed by atoms with Crippen molar-refractivity contribution in [2.75, 3.05) is 5.32 Å². The number of carbonyl (C=O) groups is 1. The molecule has 0 heterocycles. The van der Waals surface area contributed by atoms with Gasteiger partial charge in [0.25, 0.3) is 10.1 Å². The van der Waals surface area contributed by atoms with Crippen LogP contribution in [-0.2, 0) is 14.9 Å². The van der Waals surface area contributed by atoms with Gasteiger partial charge in [0.05, 0.1) is 5.69 Å². The summed E-state index contributed by atoms with van der Waals surface area (Å²) in [6.07, 6.45) is 1.01. The molecule has 0 atom stereocenters. The molecule has 0 aliphatic heterocycles. The van der Waals surface area contributed by atoms with Crippen molar-refractivity contribution in [3.8, 4) is 0 Å². The molecule has 1 aromatic carbocycles. The van der Waals surface area contributed by atoms with Crippen LogP contribution in [0.15, 0.2) is 35.7 Å². The van der Waals surface area contributed by atoms with E-state index in [1.165, 1.54) is 12.1 Å². The number of nitrogens with one attached hydrogen (secondary N) is 1. The molecular formula is C10H11NO4S. The van der Waals surface area contributed by atoms with Gasteiger partial charge in [0.2, 0.25) is 5.91 Å². The van der Waals surface area contributed by atoms with Crippen LogP contribution >= 0.6 is 0 Å². The molecule has 5 nitrogen and oxygen atoms in total. The van der Waals surface area contributed by atoms with E-state index in [1.807, 2.05) is 0 Å². The average Bonchev–Trinajstić information content (AvgIpc) is 2.19. The topological polar surface area (TPSA) is 83.5 Å². The van der Waals surface area contributed by atoms with Crippen LogP contribution in [0.5, 0.6) is 0 Å². The predicted octanol–water partition coefficient (Wildman–Crippen LogP) is 1.37. The second-order valence-electron chi connectivity index (χ2n) is 3.12. The minimum atomic E-state index is -4.36. The van der Waals surface area contributed by atoms with Crippen LogP contribution in [0.1, 0.15) is 5.56 Å². The van der Waals surface area contributed by atoms with E-state index >= 15 is 0 Å². The lowest BCUT2D eigenvalue weighted by atomic mass is 10.2. The third-order valence-electron chi connectivity index (χ3n) is 1.95. The number of para-hydroxylation sites is 1. The first-order valence-corrected chi connectivity index (χ1v) is 5.81. The maximum Gasteiger partial charge on any atom is 0.296 e. The van der Waals surface area contributed by atoms with Crippen molar-refractivity contribution in [3.05, 3.63) is 36.4 Å². The summed E-state index contributed by atoms with van der Waals surface area (Å²) in [5.74, 6) is -0.542. The Morgan fingerprint density at radius 2 is 2.12 bits per heavy atom. The van der Waals surface area contributed by atoms with Crippen molar-refractivity contribution in [3.63, 3.8) is 0 Å². The number of anilines is 1. The molecule has 0 fully saturated rings. The molecule has 16 heavy (non-hydrogen) atoms. The molecule has 0 aliphatic rings. The highest BCUT2D eigenvalue weighted by Crippen LogP contribution is 2.24. The molecule has 0 saturated carbocycles. The fourth-order valence-electron chi connectivity index (χ4n) is 1.19. The van der Waals surface area contributed by atoms with Gasteiger partial charge in [-0.15, -0.1) is 0 Å². The molecule has 0 aliphatic carbocycles. The molecule has 0 saturated heterocycles. The molecule has 6 heteroatoms. The molecule has 0 aromatic heterocycles. The Morgan fingerprint density at radius 3 is 2.62 bits per heavy atom. The maximum absolute atomic E-state index is 11.1. The summed E-state index contributed by atoms with van der Waals surface area (Å²) in [7, 11) is -4.36. The Balaban J connectivity index is 3.35. The second kappa shape index (κ2) is 4.46. The molecule has 0 radical (unpaired) electrons. The van der Waals surface area contributed by atoms with Crippen molar-refractivity contribution in [1.29, 1.82) is 0 Å². The van der Waals surface area contributed by atoms with E-state index in [1.54, 1.807) is 13.0 Å². The van der Waals surface area contributed by atoms with Crippen LogP contribution in [0.4, 0.5) is 5.69 Å². The lowest BCUT2D eigenvalue weighted by molar-refractivity contribution is -0.111. The van der Waals surface area contributed by atoms with Gasteiger partial charge >= 0.3 is 0 Å². The van der Waals surface area contributed by atoms with Crippen molar-refractivity contribution >= 4 is 21.7 Å². The quantitative estimate of drug-likeness (QED) is 0.618. The largest absolute Gasteiger partial charge is 0.321 e. The van der Waals surface area contributed by atoms with Gasteiger partial charge in [0.15, 0.2) is 0 Å². The van der Waals surface area contributed by atoms with Crippen LogP contribution in [0, 0.1) is 6.92 Å². The molecular weight excluding hydrogens is 230 g/mol. The Labute approximate surface area is 93.5 Å². The van der Waals surface area contributed by atoms with E-state index in [0.29, 0.717) is 5.56 Å². The van der Waals surface area contributed by atoms with Crippen molar-refractivity contribution in [2.45, 2.75) is 11.8 Å². The highest BCUT2D eigenvalue weighted by atomic mass is 32.2. The van der Waals surface area contributed by atoms with E-state index in [2.05, 4.69) is 11.9 Å². The van der Waals surface area contributed by atoms with Gasteiger partial charge in [-0.3, -0.25) is 9.35 Å². The summed E-state index contributed by atoms with van der Waals surface area (Å²) in [5.41, 5.74) is 0.597. The smallest absolute Gasteiger partial charge is 0.296 e. The third kappa shape index (κ3) is 2.68. The molecule has 1 amide bonds. The van der Waals surface area contributed by atoms with Crippen LogP contribution in [0.2, 0.25) is 0 Å². The number of amides is 1. The lowest BCUT2D eigenvalue weighted by Gasteiger charge is -2.10. The van der Waals surface area contributed by atoms with Gasteiger partial charge in [0, 0.05) is 0 Å². The van der Waals surface area contributed by atoms with Crippen LogP contribution in [0.25, 0.3) is 0 Å². The molecule has 1 rings (SSSR count). The zero-order valence-electron chi connectivity index (χ0n) is 8.60. The summed E-state index contributed by atoms with van der Waals surface area (Å²) in [4.78, 5) is 10.8. The second-order valence-corrected chi connectivity index (χ2v) is 4.51. The number of hydrogen-bond acceptors (Lipinski definition) is 3. The Kier molecular flexibility index (Phi) is 3.46. The number of rotatable bonds is 3. The highest BCUT2D eigenvalue weighted by Gasteiger charge is 2.17. The summed E-state index contributed by atoms with van der Waals surface area (Å²) < 4.78 is 31.1. The SMILES string of the molecule is C=CC(=O)Nc1c(C)cccc1S(=O)(=O)O.